The number of fused-ring (bicyclic) bond motifs is 2. The molecule has 0 radical (unpaired) electrons. The molecule has 1 aromatic heterocycles. The maximum Gasteiger partial charge on any atom is 0.258 e. The van der Waals surface area contributed by atoms with Crippen molar-refractivity contribution >= 4 is 23.2 Å². The van der Waals surface area contributed by atoms with Crippen molar-refractivity contribution < 1.29 is 14.3 Å². The van der Waals surface area contributed by atoms with Crippen LogP contribution >= 0.6 is 11.3 Å². The van der Waals surface area contributed by atoms with Crippen molar-refractivity contribution in [1.82, 2.24) is 9.80 Å². The van der Waals surface area contributed by atoms with E-state index in [1.165, 1.54) is 17.8 Å². The number of methoxy groups -OCH3 is 1. The van der Waals surface area contributed by atoms with Crippen LogP contribution in [-0.2, 0) is 15.1 Å². The Labute approximate surface area is 158 Å². The molecular weight excluding hydrogens is 350 g/mol. The van der Waals surface area contributed by atoms with Crippen LogP contribution in [0.15, 0.2) is 12.1 Å². The monoisotopic (exact) mass is 377 g/mol. The third kappa shape index (κ3) is 2.68. The number of piperidine rings is 1. The van der Waals surface area contributed by atoms with Gasteiger partial charge in [0.05, 0.1) is 4.88 Å². The number of rotatable bonds is 4. The quantitative estimate of drug-likeness (QED) is 0.866. The van der Waals surface area contributed by atoms with Gasteiger partial charge in [0.25, 0.3) is 5.91 Å². The fraction of sp³-hybridized carbons (Fsp3) is 0.684. The van der Waals surface area contributed by atoms with Crippen LogP contribution in [0.1, 0.15) is 40.7 Å². The molecule has 3 heterocycles. The standard InChI is InChI=1S/C19H27N3O3S/c1-12(23)21-10-15(11-21)22-8-13-4-3-5-14(9-22)19(13,25-2)17-7-6-16(26-17)18(20)24/h6-7,13-15H,3-5,8-11H2,1-2H3,(H2,20,24)/t13-,14+,19?. The molecule has 0 aromatic carbocycles. The number of hydrogen-bond acceptors (Lipinski definition) is 5. The number of primary amides is 1. The maximum atomic E-state index is 11.6. The van der Waals surface area contributed by atoms with E-state index in [4.69, 9.17) is 10.5 Å². The first kappa shape index (κ1) is 17.9. The van der Waals surface area contributed by atoms with Gasteiger partial charge < -0.3 is 15.4 Å². The molecule has 0 spiro atoms. The molecule has 1 unspecified atom stereocenters. The molecular formula is C19H27N3O3S. The van der Waals surface area contributed by atoms with Crippen molar-refractivity contribution in [3.8, 4) is 0 Å². The van der Waals surface area contributed by atoms with E-state index in [9.17, 15) is 9.59 Å². The van der Waals surface area contributed by atoms with E-state index in [-0.39, 0.29) is 17.4 Å². The Kier molecular flexibility index (Phi) is 4.57. The second-order valence-electron chi connectivity index (χ2n) is 7.88. The van der Waals surface area contributed by atoms with Gasteiger partial charge in [-0.15, -0.1) is 11.3 Å². The van der Waals surface area contributed by atoms with Crippen LogP contribution in [0.3, 0.4) is 0 Å². The lowest BCUT2D eigenvalue weighted by Gasteiger charge is -2.58. The number of nitrogens with zero attached hydrogens (tertiary/aromatic N) is 2. The summed E-state index contributed by atoms with van der Waals surface area (Å²) in [6.45, 7) is 5.32. The smallest absolute Gasteiger partial charge is 0.258 e. The highest BCUT2D eigenvalue weighted by atomic mass is 32.1. The Balaban J connectivity index is 1.57. The highest BCUT2D eigenvalue weighted by Crippen LogP contribution is 2.53. The van der Waals surface area contributed by atoms with Crippen molar-refractivity contribution in [1.29, 1.82) is 0 Å². The molecule has 3 fully saturated rings. The lowest BCUT2D eigenvalue weighted by Crippen LogP contribution is -2.67. The van der Waals surface area contributed by atoms with Crippen LogP contribution in [-0.4, -0.2) is 60.9 Å². The summed E-state index contributed by atoms with van der Waals surface area (Å²) in [7, 11) is 1.81. The summed E-state index contributed by atoms with van der Waals surface area (Å²) < 4.78 is 6.23. The van der Waals surface area contributed by atoms with E-state index in [1.54, 1.807) is 6.92 Å². The molecule has 7 heteroatoms. The Hall–Kier alpha value is -1.44. The summed E-state index contributed by atoms with van der Waals surface area (Å²) in [5, 5.41) is 0. The topological polar surface area (TPSA) is 75.9 Å². The van der Waals surface area contributed by atoms with E-state index in [2.05, 4.69) is 4.90 Å². The Morgan fingerprint density at radius 3 is 2.35 bits per heavy atom. The second-order valence-corrected chi connectivity index (χ2v) is 8.97. The Morgan fingerprint density at radius 2 is 1.85 bits per heavy atom. The minimum Gasteiger partial charge on any atom is -0.372 e. The van der Waals surface area contributed by atoms with E-state index < -0.39 is 0 Å². The molecule has 2 aliphatic heterocycles. The van der Waals surface area contributed by atoms with Gasteiger partial charge in [-0.25, -0.2) is 0 Å². The van der Waals surface area contributed by atoms with E-state index in [1.807, 2.05) is 24.1 Å². The lowest BCUT2D eigenvalue weighted by molar-refractivity contribution is -0.180. The number of hydrogen-bond donors (Lipinski definition) is 1. The molecule has 4 rings (SSSR count). The molecule has 1 saturated carbocycles. The zero-order chi connectivity index (χ0) is 18.5. The number of amides is 2. The van der Waals surface area contributed by atoms with Gasteiger partial charge in [0, 0.05) is 63.0 Å². The van der Waals surface area contributed by atoms with Gasteiger partial charge in [-0.05, 0) is 25.0 Å². The lowest BCUT2D eigenvalue weighted by atomic mass is 9.64. The van der Waals surface area contributed by atoms with Crippen LogP contribution in [0, 0.1) is 11.8 Å². The number of ether oxygens (including phenoxy) is 1. The molecule has 2 N–H and O–H groups in total. The number of carbonyl (C=O) groups excluding carboxylic acids is 2. The number of thiophene rings is 1. The molecule has 2 bridgehead atoms. The van der Waals surface area contributed by atoms with Gasteiger partial charge in [-0.1, -0.05) is 6.42 Å². The Bertz CT molecular complexity index is 699. The number of nitrogens with two attached hydrogens (primary N) is 1. The van der Waals surface area contributed by atoms with Crippen LogP contribution in [0.4, 0.5) is 0 Å². The van der Waals surface area contributed by atoms with Gasteiger partial charge in [-0.2, -0.15) is 0 Å². The van der Waals surface area contributed by atoms with Gasteiger partial charge in [0.15, 0.2) is 0 Å². The van der Waals surface area contributed by atoms with Crippen molar-refractivity contribution in [2.24, 2.45) is 17.6 Å². The van der Waals surface area contributed by atoms with Gasteiger partial charge in [-0.3, -0.25) is 14.5 Å². The second kappa shape index (κ2) is 6.62. The van der Waals surface area contributed by atoms with E-state index in [0.717, 1.165) is 43.9 Å². The third-order valence-corrected chi connectivity index (χ3v) is 7.86. The third-order valence-electron chi connectivity index (χ3n) is 6.62. The van der Waals surface area contributed by atoms with Crippen molar-refractivity contribution in [2.45, 2.75) is 37.8 Å². The summed E-state index contributed by atoms with van der Waals surface area (Å²) in [4.78, 5) is 29.3. The molecule has 2 amide bonds. The first-order chi connectivity index (χ1) is 12.5. The molecule has 26 heavy (non-hydrogen) atoms. The fourth-order valence-electron chi connectivity index (χ4n) is 5.23. The predicted molar refractivity (Wildman–Crippen MR) is 100.0 cm³/mol. The summed E-state index contributed by atoms with van der Waals surface area (Å²) in [5.41, 5.74) is 5.16. The molecule has 6 nitrogen and oxygen atoms in total. The normalized spacial score (nSPS) is 32.3. The summed E-state index contributed by atoms with van der Waals surface area (Å²) in [6.07, 6.45) is 3.49. The zero-order valence-corrected chi connectivity index (χ0v) is 16.3. The Morgan fingerprint density at radius 1 is 1.19 bits per heavy atom. The first-order valence-corrected chi connectivity index (χ1v) is 10.2. The van der Waals surface area contributed by atoms with Gasteiger partial charge >= 0.3 is 0 Å². The molecule has 1 aliphatic carbocycles. The number of likely N-dealkylation sites (tertiary alicyclic amines) is 2. The van der Waals surface area contributed by atoms with Crippen LogP contribution in [0.2, 0.25) is 0 Å². The minimum atomic E-state index is -0.367. The SMILES string of the molecule is COC1(c2ccc(C(N)=O)s2)[C@@H]2CCC[C@H]1CN(C1CN(C(C)=O)C1)C2. The maximum absolute atomic E-state index is 11.6. The predicted octanol–water partition coefficient (Wildman–Crippen LogP) is 1.65. The fourth-order valence-corrected chi connectivity index (χ4v) is 6.41. The molecule has 1 aromatic rings. The molecule has 2 saturated heterocycles. The van der Waals surface area contributed by atoms with Crippen LogP contribution in [0.5, 0.6) is 0 Å². The molecule has 142 valence electrons. The zero-order valence-electron chi connectivity index (χ0n) is 15.4. The molecule has 3 aliphatic rings. The van der Waals surface area contributed by atoms with E-state index >= 15 is 0 Å². The van der Waals surface area contributed by atoms with Crippen LogP contribution in [0.25, 0.3) is 0 Å². The van der Waals surface area contributed by atoms with Gasteiger partial charge in [0.2, 0.25) is 5.91 Å². The van der Waals surface area contributed by atoms with Crippen molar-refractivity contribution in [2.75, 3.05) is 33.3 Å². The number of carbonyl (C=O) groups is 2. The highest BCUT2D eigenvalue weighted by Gasteiger charge is 2.55. The average Bonchev–Trinajstić information content (AvgIpc) is 3.02. The first-order valence-electron chi connectivity index (χ1n) is 9.40. The highest BCUT2D eigenvalue weighted by molar-refractivity contribution is 7.14. The average molecular weight is 378 g/mol. The summed E-state index contributed by atoms with van der Waals surface area (Å²) in [5.74, 6) is 0.618. The largest absolute Gasteiger partial charge is 0.372 e. The van der Waals surface area contributed by atoms with Crippen molar-refractivity contribution in [3.05, 3.63) is 21.9 Å². The van der Waals surface area contributed by atoms with Gasteiger partial charge in [0.1, 0.15) is 5.60 Å². The summed E-state index contributed by atoms with van der Waals surface area (Å²) in [6, 6.07) is 4.35. The molecule has 3 atom stereocenters. The van der Waals surface area contributed by atoms with Crippen molar-refractivity contribution in [3.63, 3.8) is 0 Å². The van der Waals surface area contributed by atoms with Crippen LogP contribution < -0.4 is 5.73 Å². The van der Waals surface area contributed by atoms with E-state index in [0.29, 0.717) is 22.8 Å². The minimum absolute atomic E-state index is 0.169. The summed E-state index contributed by atoms with van der Waals surface area (Å²) >= 11 is 1.49.